The highest BCUT2D eigenvalue weighted by Crippen LogP contribution is 2.19. The van der Waals surface area contributed by atoms with Crippen LogP contribution in [0.5, 0.6) is 0 Å². The molecule has 1 aliphatic rings. The van der Waals surface area contributed by atoms with Gasteiger partial charge in [0.2, 0.25) is 0 Å². The summed E-state index contributed by atoms with van der Waals surface area (Å²) in [6.07, 6.45) is 2.54. The molecule has 0 radical (unpaired) electrons. The van der Waals surface area contributed by atoms with Crippen LogP contribution in [0.15, 0.2) is 36.5 Å². The maximum absolute atomic E-state index is 12.4. The minimum absolute atomic E-state index is 0.159. The molecule has 21 heavy (non-hydrogen) atoms. The molecule has 0 spiro atoms. The number of carbonyl (C=O) groups excluding carboxylic acids is 1. The Kier molecular flexibility index (Phi) is 3.39. The maximum atomic E-state index is 12.4. The number of hydrogen-bond donors (Lipinski definition) is 1. The van der Waals surface area contributed by atoms with E-state index >= 15 is 0 Å². The summed E-state index contributed by atoms with van der Waals surface area (Å²) in [6.45, 7) is 0.438. The van der Waals surface area contributed by atoms with E-state index in [0.717, 1.165) is 5.69 Å². The molecule has 1 aliphatic heterocycles. The third-order valence-corrected chi connectivity index (χ3v) is 3.50. The fraction of sp³-hybridized carbons (Fsp3) is 0.286. The van der Waals surface area contributed by atoms with Crippen molar-refractivity contribution in [2.75, 3.05) is 6.54 Å². The Bertz CT molecular complexity index is 668. The van der Waals surface area contributed by atoms with E-state index in [4.69, 9.17) is 5.11 Å². The van der Waals surface area contributed by atoms with Crippen molar-refractivity contribution in [3.8, 4) is 5.69 Å². The van der Waals surface area contributed by atoms with Gasteiger partial charge in [0.1, 0.15) is 6.04 Å². The van der Waals surface area contributed by atoms with E-state index in [-0.39, 0.29) is 11.6 Å². The van der Waals surface area contributed by atoms with Gasteiger partial charge in [-0.25, -0.2) is 4.79 Å². The molecule has 1 amide bonds. The lowest BCUT2D eigenvalue weighted by Gasteiger charge is -2.19. The Balaban J connectivity index is 1.83. The minimum atomic E-state index is -0.976. The largest absolute Gasteiger partial charge is 0.480 e. The average Bonchev–Trinajstić information content (AvgIpc) is 3.17. The Morgan fingerprint density at radius 3 is 2.71 bits per heavy atom. The molecule has 7 heteroatoms. The Morgan fingerprint density at radius 2 is 2.00 bits per heavy atom. The molecule has 0 aliphatic carbocycles. The van der Waals surface area contributed by atoms with Crippen molar-refractivity contribution < 1.29 is 14.7 Å². The lowest BCUT2D eigenvalue weighted by atomic mass is 10.2. The van der Waals surface area contributed by atoms with E-state index in [1.807, 2.05) is 30.3 Å². The molecule has 108 valence electrons. The highest BCUT2D eigenvalue weighted by molar-refractivity contribution is 5.95. The first-order valence-electron chi connectivity index (χ1n) is 6.68. The number of likely N-dealkylation sites (tertiary alicyclic amines) is 1. The van der Waals surface area contributed by atoms with Gasteiger partial charge >= 0.3 is 5.97 Å². The van der Waals surface area contributed by atoms with E-state index in [0.29, 0.717) is 19.4 Å². The summed E-state index contributed by atoms with van der Waals surface area (Å²) in [5.74, 6) is -1.36. The molecule has 1 atom stereocenters. The van der Waals surface area contributed by atoms with Gasteiger partial charge < -0.3 is 10.0 Å². The number of rotatable bonds is 3. The fourth-order valence-electron chi connectivity index (χ4n) is 2.46. The molecule has 2 aromatic rings. The van der Waals surface area contributed by atoms with Crippen LogP contribution in [0.1, 0.15) is 23.3 Å². The third kappa shape index (κ3) is 2.49. The van der Waals surface area contributed by atoms with E-state index in [2.05, 4.69) is 10.2 Å². The van der Waals surface area contributed by atoms with Gasteiger partial charge in [-0.15, -0.1) is 5.10 Å². The molecule has 0 saturated carbocycles. The lowest BCUT2D eigenvalue weighted by Crippen LogP contribution is -2.40. The van der Waals surface area contributed by atoms with E-state index in [9.17, 15) is 9.59 Å². The zero-order valence-corrected chi connectivity index (χ0v) is 11.2. The lowest BCUT2D eigenvalue weighted by molar-refractivity contribution is -0.141. The van der Waals surface area contributed by atoms with Crippen LogP contribution in [-0.2, 0) is 4.79 Å². The fourth-order valence-corrected chi connectivity index (χ4v) is 2.46. The van der Waals surface area contributed by atoms with Gasteiger partial charge in [0.25, 0.3) is 5.91 Å². The van der Waals surface area contributed by atoms with Crippen molar-refractivity contribution in [1.82, 2.24) is 19.9 Å². The average molecular weight is 286 g/mol. The number of carboxylic acids is 1. The molecule has 1 unspecified atom stereocenters. The smallest absolute Gasteiger partial charge is 0.326 e. The van der Waals surface area contributed by atoms with E-state index < -0.39 is 12.0 Å². The quantitative estimate of drug-likeness (QED) is 0.907. The highest BCUT2D eigenvalue weighted by Gasteiger charge is 2.35. The van der Waals surface area contributed by atoms with Crippen molar-refractivity contribution >= 4 is 11.9 Å². The standard InChI is InChI=1S/C14H14N4O3/c19-13(17-8-4-7-12(17)14(20)21)11-9-15-18(16-11)10-5-2-1-3-6-10/h1-3,5-6,9,12H,4,7-8H2,(H,20,21). The second-order valence-electron chi connectivity index (χ2n) is 4.85. The number of para-hydroxylation sites is 1. The zero-order valence-electron chi connectivity index (χ0n) is 11.2. The maximum Gasteiger partial charge on any atom is 0.326 e. The molecule has 2 heterocycles. The molecule has 1 saturated heterocycles. The van der Waals surface area contributed by atoms with Gasteiger partial charge in [-0.2, -0.15) is 9.90 Å². The molecule has 3 rings (SSSR count). The van der Waals surface area contributed by atoms with Crippen LogP contribution < -0.4 is 0 Å². The minimum Gasteiger partial charge on any atom is -0.480 e. The summed E-state index contributed by atoms with van der Waals surface area (Å²) in [5, 5.41) is 17.3. The van der Waals surface area contributed by atoms with Crippen LogP contribution in [0, 0.1) is 0 Å². The first kappa shape index (κ1) is 13.3. The molecule has 1 N–H and O–H groups in total. The number of amides is 1. The van der Waals surface area contributed by atoms with Crippen molar-refractivity contribution in [2.24, 2.45) is 0 Å². The zero-order chi connectivity index (χ0) is 14.8. The van der Waals surface area contributed by atoms with E-state index in [1.165, 1.54) is 15.9 Å². The Hall–Kier alpha value is -2.70. The van der Waals surface area contributed by atoms with Crippen LogP contribution in [0.25, 0.3) is 5.69 Å². The van der Waals surface area contributed by atoms with Crippen LogP contribution in [0.3, 0.4) is 0 Å². The summed E-state index contributed by atoms with van der Waals surface area (Å²) in [6, 6.07) is 8.46. The van der Waals surface area contributed by atoms with Crippen LogP contribution >= 0.6 is 0 Å². The number of hydrogen-bond acceptors (Lipinski definition) is 4. The number of nitrogens with zero attached hydrogens (tertiary/aromatic N) is 4. The summed E-state index contributed by atoms with van der Waals surface area (Å²) < 4.78 is 0. The molecule has 1 fully saturated rings. The van der Waals surface area contributed by atoms with Gasteiger partial charge in [0.15, 0.2) is 5.69 Å². The Morgan fingerprint density at radius 1 is 1.24 bits per heavy atom. The first-order valence-corrected chi connectivity index (χ1v) is 6.68. The summed E-state index contributed by atoms with van der Waals surface area (Å²) in [5.41, 5.74) is 0.903. The second-order valence-corrected chi connectivity index (χ2v) is 4.85. The van der Waals surface area contributed by atoms with Crippen LogP contribution in [0.4, 0.5) is 0 Å². The van der Waals surface area contributed by atoms with Crippen LogP contribution in [-0.4, -0.2) is 49.5 Å². The van der Waals surface area contributed by atoms with Crippen molar-refractivity contribution in [2.45, 2.75) is 18.9 Å². The molecular formula is C14H14N4O3. The van der Waals surface area contributed by atoms with Crippen LogP contribution in [0.2, 0.25) is 0 Å². The molecular weight excluding hydrogens is 272 g/mol. The number of aliphatic carboxylic acids is 1. The van der Waals surface area contributed by atoms with Crippen molar-refractivity contribution in [3.05, 3.63) is 42.2 Å². The summed E-state index contributed by atoms with van der Waals surface area (Å²) >= 11 is 0. The van der Waals surface area contributed by atoms with Gasteiger partial charge in [-0.3, -0.25) is 4.79 Å². The highest BCUT2D eigenvalue weighted by atomic mass is 16.4. The van der Waals surface area contributed by atoms with Gasteiger partial charge in [-0.05, 0) is 25.0 Å². The molecule has 7 nitrogen and oxygen atoms in total. The van der Waals surface area contributed by atoms with Crippen molar-refractivity contribution in [1.29, 1.82) is 0 Å². The predicted octanol–water partition coefficient (Wildman–Crippen LogP) is 0.956. The summed E-state index contributed by atoms with van der Waals surface area (Å²) in [4.78, 5) is 26.2. The number of carboxylic acid groups (broad SMARTS) is 1. The van der Waals surface area contributed by atoms with Gasteiger partial charge in [0, 0.05) is 6.54 Å². The molecule has 0 bridgehead atoms. The number of aromatic nitrogens is 3. The second kappa shape index (κ2) is 5.35. The number of carbonyl (C=O) groups is 2. The normalized spacial score (nSPS) is 17.9. The van der Waals surface area contributed by atoms with Gasteiger partial charge in [-0.1, -0.05) is 18.2 Å². The summed E-state index contributed by atoms with van der Waals surface area (Å²) in [7, 11) is 0. The molecule has 1 aromatic heterocycles. The van der Waals surface area contributed by atoms with Crippen molar-refractivity contribution in [3.63, 3.8) is 0 Å². The predicted molar refractivity (Wildman–Crippen MR) is 73.1 cm³/mol. The third-order valence-electron chi connectivity index (χ3n) is 3.50. The molecule has 1 aromatic carbocycles. The van der Waals surface area contributed by atoms with E-state index in [1.54, 1.807) is 0 Å². The monoisotopic (exact) mass is 286 g/mol. The Labute approximate surface area is 120 Å². The van der Waals surface area contributed by atoms with Gasteiger partial charge in [0.05, 0.1) is 11.9 Å². The SMILES string of the molecule is O=C(O)C1CCCN1C(=O)c1cnn(-c2ccccc2)n1. The number of benzene rings is 1. The topological polar surface area (TPSA) is 88.3 Å². The first-order chi connectivity index (χ1) is 10.2.